The molecule has 0 spiro atoms. The monoisotopic (exact) mass is 526 g/mol. The maximum atomic E-state index is 13.2. The van der Waals surface area contributed by atoms with Gasteiger partial charge >= 0.3 is 11.9 Å². The Morgan fingerprint density at radius 3 is 2.23 bits per heavy atom. The molecule has 6 nitrogen and oxygen atoms in total. The van der Waals surface area contributed by atoms with Gasteiger partial charge in [0.2, 0.25) is 0 Å². The quantitative estimate of drug-likeness (QED) is 0.319. The fraction of sp³-hybridized carbons (Fsp3) is 0.394. The summed E-state index contributed by atoms with van der Waals surface area (Å²) in [5, 5.41) is 0. The summed E-state index contributed by atoms with van der Waals surface area (Å²) in [5.74, 6) is -1.11. The Balaban J connectivity index is 1.13. The van der Waals surface area contributed by atoms with Crippen LogP contribution in [0.2, 0.25) is 0 Å². The van der Waals surface area contributed by atoms with Gasteiger partial charge < -0.3 is 18.9 Å². The van der Waals surface area contributed by atoms with E-state index in [0.29, 0.717) is 38.0 Å². The molecule has 0 amide bonds. The average Bonchev–Trinajstić information content (AvgIpc) is 3.67. The van der Waals surface area contributed by atoms with Gasteiger partial charge in [0.25, 0.3) is 0 Å². The summed E-state index contributed by atoms with van der Waals surface area (Å²) >= 11 is 0. The van der Waals surface area contributed by atoms with Gasteiger partial charge in [-0.1, -0.05) is 72.8 Å². The second-order valence-electron chi connectivity index (χ2n) is 10.8. The Morgan fingerprint density at radius 2 is 1.51 bits per heavy atom. The molecule has 0 bridgehead atoms. The highest BCUT2D eigenvalue weighted by atomic mass is 16.7. The average molecular weight is 527 g/mol. The van der Waals surface area contributed by atoms with Crippen molar-refractivity contribution < 1.29 is 28.5 Å². The topological polar surface area (TPSA) is 71.1 Å². The third kappa shape index (κ3) is 5.77. The van der Waals surface area contributed by atoms with E-state index in [2.05, 4.69) is 12.1 Å². The molecule has 3 aromatic rings. The van der Waals surface area contributed by atoms with Crippen molar-refractivity contribution in [2.24, 2.45) is 11.8 Å². The first-order valence-corrected chi connectivity index (χ1v) is 14.0. The molecule has 2 saturated heterocycles. The molecule has 0 N–H and O–H groups in total. The second kappa shape index (κ2) is 11.3. The molecule has 3 aromatic carbocycles. The van der Waals surface area contributed by atoms with Crippen LogP contribution >= 0.6 is 0 Å². The second-order valence-corrected chi connectivity index (χ2v) is 10.8. The largest absolute Gasteiger partial charge is 0.462 e. The third-order valence-corrected chi connectivity index (χ3v) is 8.45. The molecule has 0 unspecified atom stereocenters. The number of hydrogen-bond donors (Lipinski definition) is 0. The normalized spacial score (nSPS) is 25.3. The van der Waals surface area contributed by atoms with Crippen LogP contribution in [0.3, 0.4) is 0 Å². The van der Waals surface area contributed by atoms with E-state index in [-0.39, 0.29) is 36.0 Å². The molecule has 6 rings (SSSR count). The highest BCUT2D eigenvalue weighted by molar-refractivity contribution is 5.90. The van der Waals surface area contributed by atoms with Crippen LogP contribution in [0.4, 0.5) is 0 Å². The summed E-state index contributed by atoms with van der Waals surface area (Å²) in [7, 11) is 0. The fourth-order valence-corrected chi connectivity index (χ4v) is 6.40. The molecule has 1 saturated carbocycles. The number of fused-ring (bicyclic) bond motifs is 1. The number of esters is 2. The lowest BCUT2D eigenvalue weighted by Crippen LogP contribution is -2.34. The van der Waals surface area contributed by atoms with Gasteiger partial charge in [0.15, 0.2) is 5.79 Å². The minimum atomic E-state index is -0.654. The third-order valence-electron chi connectivity index (χ3n) is 8.45. The molecule has 0 radical (unpaired) electrons. The molecule has 3 aliphatic rings. The highest BCUT2D eigenvalue weighted by Crippen LogP contribution is 2.46. The van der Waals surface area contributed by atoms with E-state index in [0.717, 1.165) is 30.4 Å². The van der Waals surface area contributed by atoms with Crippen LogP contribution in [0.15, 0.2) is 84.9 Å². The van der Waals surface area contributed by atoms with Crippen LogP contribution in [0.25, 0.3) is 11.1 Å². The van der Waals surface area contributed by atoms with Gasteiger partial charge in [0, 0.05) is 31.1 Å². The van der Waals surface area contributed by atoms with Crippen LogP contribution < -0.4 is 0 Å². The minimum Gasteiger partial charge on any atom is -0.462 e. The summed E-state index contributed by atoms with van der Waals surface area (Å²) in [6.07, 6.45) is 3.41. The first kappa shape index (κ1) is 25.8. The predicted octanol–water partition coefficient (Wildman–Crippen LogP) is 5.99. The van der Waals surface area contributed by atoms with Crippen molar-refractivity contribution in [3.8, 4) is 11.1 Å². The fourth-order valence-electron chi connectivity index (χ4n) is 6.40. The van der Waals surface area contributed by atoms with Crippen LogP contribution in [-0.2, 0) is 30.2 Å². The Morgan fingerprint density at radius 1 is 0.846 bits per heavy atom. The van der Waals surface area contributed by atoms with Crippen LogP contribution in [0, 0.1) is 11.8 Å². The molecule has 6 heteroatoms. The summed E-state index contributed by atoms with van der Waals surface area (Å²) < 4.78 is 24.0. The summed E-state index contributed by atoms with van der Waals surface area (Å²) in [5.41, 5.74) is 3.91. The molecule has 3 fully saturated rings. The Hall–Kier alpha value is -3.48. The van der Waals surface area contributed by atoms with Gasteiger partial charge in [-0.3, -0.25) is 4.79 Å². The van der Waals surface area contributed by atoms with Gasteiger partial charge in [-0.05, 0) is 41.7 Å². The molecule has 1 aliphatic carbocycles. The van der Waals surface area contributed by atoms with Crippen molar-refractivity contribution in [3.63, 3.8) is 0 Å². The first-order valence-electron chi connectivity index (χ1n) is 14.0. The van der Waals surface area contributed by atoms with Gasteiger partial charge in [-0.2, -0.15) is 0 Å². The standard InChI is InChI=1S/C33H34O6/c34-31-21-28-27(16-18-33(36-19-20-37-33)17-15-23-7-3-1-4-8-23)29(22-30(28)38-31)39-32(35)26-13-11-25(12-14-26)24-9-5-2-6-10-24/h1-14,27-30H,15-22H2/t27-,28-,29-,30+/m1/s1. The van der Waals surface area contributed by atoms with E-state index in [1.54, 1.807) is 0 Å². The van der Waals surface area contributed by atoms with E-state index in [4.69, 9.17) is 18.9 Å². The lowest BCUT2D eigenvalue weighted by atomic mass is 9.85. The summed E-state index contributed by atoms with van der Waals surface area (Å²) in [6.45, 7) is 1.15. The lowest BCUT2D eigenvalue weighted by Gasteiger charge is -2.31. The maximum Gasteiger partial charge on any atom is 0.338 e. The molecule has 202 valence electrons. The van der Waals surface area contributed by atoms with Crippen LogP contribution in [0.1, 0.15) is 48.0 Å². The number of benzene rings is 3. The predicted molar refractivity (Wildman–Crippen MR) is 146 cm³/mol. The van der Waals surface area contributed by atoms with Crippen molar-refractivity contribution in [1.29, 1.82) is 0 Å². The summed E-state index contributed by atoms with van der Waals surface area (Å²) in [6, 6.07) is 27.9. The first-order chi connectivity index (χ1) is 19.1. The number of carbonyl (C=O) groups excluding carboxylic acids is 2. The Bertz CT molecular complexity index is 1270. The Kier molecular flexibility index (Phi) is 7.49. The van der Waals surface area contributed by atoms with Crippen LogP contribution in [-0.4, -0.2) is 43.1 Å². The van der Waals surface area contributed by atoms with Crippen molar-refractivity contribution in [3.05, 3.63) is 96.1 Å². The van der Waals surface area contributed by atoms with E-state index in [1.807, 2.05) is 72.8 Å². The maximum absolute atomic E-state index is 13.2. The number of hydrogen-bond acceptors (Lipinski definition) is 6. The molecule has 2 aliphatic heterocycles. The van der Waals surface area contributed by atoms with Crippen molar-refractivity contribution in [1.82, 2.24) is 0 Å². The van der Waals surface area contributed by atoms with Gasteiger partial charge in [0.05, 0.1) is 25.2 Å². The van der Waals surface area contributed by atoms with Crippen LogP contribution in [0.5, 0.6) is 0 Å². The molecule has 2 heterocycles. The zero-order valence-corrected chi connectivity index (χ0v) is 22.0. The van der Waals surface area contributed by atoms with Crippen molar-refractivity contribution in [2.45, 2.75) is 56.5 Å². The summed E-state index contributed by atoms with van der Waals surface area (Å²) in [4.78, 5) is 25.3. The van der Waals surface area contributed by atoms with Gasteiger partial charge in [-0.25, -0.2) is 4.79 Å². The van der Waals surface area contributed by atoms with E-state index < -0.39 is 5.79 Å². The van der Waals surface area contributed by atoms with E-state index in [1.165, 1.54) is 5.56 Å². The smallest absolute Gasteiger partial charge is 0.338 e. The SMILES string of the molecule is O=C1C[C@@H]2[C@@H](CCC3(CCc4ccccc4)OCCO3)[C@H](OC(=O)c3ccc(-c4ccccc4)cc3)C[C@@H]2O1. The number of rotatable bonds is 9. The molecular formula is C33H34O6. The van der Waals surface area contributed by atoms with E-state index >= 15 is 0 Å². The number of carbonyl (C=O) groups is 2. The van der Waals surface area contributed by atoms with Crippen molar-refractivity contribution in [2.75, 3.05) is 13.2 Å². The molecular weight excluding hydrogens is 492 g/mol. The molecule has 0 aromatic heterocycles. The van der Waals surface area contributed by atoms with E-state index in [9.17, 15) is 9.59 Å². The zero-order chi connectivity index (χ0) is 26.7. The molecule has 4 atom stereocenters. The zero-order valence-electron chi connectivity index (χ0n) is 22.0. The number of aryl methyl sites for hydroxylation is 1. The van der Waals surface area contributed by atoms with Crippen molar-refractivity contribution >= 4 is 11.9 Å². The Labute approximate surface area is 229 Å². The lowest BCUT2D eigenvalue weighted by molar-refractivity contribution is -0.170. The number of ether oxygens (including phenoxy) is 4. The minimum absolute atomic E-state index is 0.00962. The van der Waals surface area contributed by atoms with Gasteiger partial charge in [0.1, 0.15) is 12.2 Å². The molecule has 39 heavy (non-hydrogen) atoms. The van der Waals surface area contributed by atoms with Gasteiger partial charge in [-0.15, -0.1) is 0 Å². The highest BCUT2D eigenvalue weighted by Gasteiger charge is 2.52.